The molecule has 0 unspecified atom stereocenters. The first-order chi connectivity index (χ1) is 8.56. The molecule has 4 heteroatoms. The lowest BCUT2D eigenvalue weighted by Gasteiger charge is -2.24. The van der Waals surface area contributed by atoms with Crippen molar-refractivity contribution in [2.75, 3.05) is 38.6 Å². The summed E-state index contributed by atoms with van der Waals surface area (Å²) in [7, 11) is 4.23. The molecule has 1 rings (SSSR count). The van der Waals surface area contributed by atoms with Crippen molar-refractivity contribution in [3.05, 3.63) is 28.2 Å². The molecule has 0 aromatic heterocycles. The van der Waals surface area contributed by atoms with Crippen LogP contribution in [0.1, 0.15) is 18.9 Å². The van der Waals surface area contributed by atoms with E-state index in [4.69, 9.17) is 5.73 Å². The summed E-state index contributed by atoms with van der Waals surface area (Å²) >= 11 is 3.55. The van der Waals surface area contributed by atoms with Crippen LogP contribution < -0.4 is 10.6 Å². The molecule has 0 aliphatic rings. The molecule has 3 nitrogen and oxygen atoms in total. The molecule has 2 N–H and O–H groups in total. The third kappa shape index (κ3) is 4.96. The Balaban J connectivity index is 2.71. The first kappa shape index (κ1) is 15.5. The molecule has 0 atom stereocenters. The number of rotatable bonds is 7. The summed E-state index contributed by atoms with van der Waals surface area (Å²) in [6.07, 6.45) is 1.17. The minimum atomic E-state index is 0.585. The number of anilines is 1. The van der Waals surface area contributed by atoms with Crippen molar-refractivity contribution < 1.29 is 0 Å². The van der Waals surface area contributed by atoms with Gasteiger partial charge in [-0.15, -0.1) is 0 Å². The van der Waals surface area contributed by atoms with Crippen LogP contribution in [0.4, 0.5) is 5.69 Å². The summed E-state index contributed by atoms with van der Waals surface area (Å²) < 4.78 is 1.10. The lowest BCUT2D eigenvalue weighted by molar-refractivity contribution is 0.400. The first-order valence-corrected chi connectivity index (χ1v) is 7.25. The second kappa shape index (κ2) is 7.77. The van der Waals surface area contributed by atoms with Crippen LogP contribution in [0.15, 0.2) is 22.7 Å². The van der Waals surface area contributed by atoms with E-state index in [9.17, 15) is 0 Å². The average molecular weight is 314 g/mol. The predicted octanol–water partition coefficient (Wildman–Crippen LogP) is 2.69. The Morgan fingerprint density at radius 2 is 1.89 bits per heavy atom. The van der Waals surface area contributed by atoms with Gasteiger partial charge in [-0.25, -0.2) is 0 Å². The third-order valence-electron chi connectivity index (χ3n) is 2.96. The van der Waals surface area contributed by atoms with Crippen molar-refractivity contribution in [2.45, 2.75) is 19.9 Å². The van der Waals surface area contributed by atoms with Gasteiger partial charge >= 0.3 is 0 Å². The molecule has 0 aliphatic heterocycles. The van der Waals surface area contributed by atoms with Gasteiger partial charge in [-0.2, -0.15) is 0 Å². The van der Waals surface area contributed by atoms with Crippen molar-refractivity contribution in [3.8, 4) is 0 Å². The van der Waals surface area contributed by atoms with Gasteiger partial charge in [0.2, 0.25) is 0 Å². The Hall–Kier alpha value is -0.580. The molecule has 0 amide bonds. The molecule has 0 saturated carbocycles. The maximum Gasteiger partial charge on any atom is 0.0380 e. The number of hydrogen-bond donors (Lipinski definition) is 1. The van der Waals surface area contributed by atoms with Gasteiger partial charge in [0.1, 0.15) is 0 Å². The van der Waals surface area contributed by atoms with E-state index in [1.807, 2.05) is 0 Å². The number of nitrogens with two attached hydrogens (primary N) is 1. The Bertz CT molecular complexity index is 366. The van der Waals surface area contributed by atoms with E-state index >= 15 is 0 Å². The summed E-state index contributed by atoms with van der Waals surface area (Å²) in [6, 6.07) is 6.43. The summed E-state index contributed by atoms with van der Waals surface area (Å²) in [5, 5.41) is 0. The topological polar surface area (TPSA) is 32.5 Å². The van der Waals surface area contributed by atoms with Crippen LogP contribution >= 0.6 is 15.9 Å². The molecular formula is C14H24BrN3. The SMILES string of the molecule is CCN(CCCN(C)C)c1cc(Br)cc(CN)c1. The van der Waals surface area contributed by atoms with Crippen LogP contribution in [0.2, 0.25) is 0 Å². The largest absolute Gasteiger partial charge is 0.372 e. The average Bonchev–Trinajstić information content (AvgIpc) is 2.33. The van der Waals surface area contributed by atoms with Gasteiger partial charge < -0.3 is 15.5 Å². The van der Waals surface area contributed by atoms with Crippen molar-refractivity contribution in [2.24, 2.45) is 5.73 Å². The van der Waals surface area contributed by atoms with E-state index in [0.717, 1.165) is 24.1 Å². The van der Waals surface area contributed by atoms with Gasteiger partial charge in [0.05, 0.1) is 0 Å². The summed E-state index contributed by atoms with van der Waals surface area (Å²) in [4.78, 5) is 4.62. The minimum Gasteiger partial charge on any atom is -0.372 e. The molecule has 0 saturated heterocycles. The highest BCUT2D eigenvalue weighted by molar-refractivity contribution is 9.10. The Kier molecular flexibility index (Phi) is 6.68. The van der Waals surface area contributed by atoms with Crippen LogP contribution in [-0.2, 0) is 6.54 Å². The van der Waals surface area contributed by atoms with E-state index in [1.165, 1.54) is 17.7 Å². The highest BCUT2D eigenvalue weighted by atomic mass is 79.9. The van der Waals surface area contributed by atoms with Crippen molar-refractivity contribution >= 4 is 21.6 Å². The summed E-state index contributed by atoms with van der Waals surface area (Å²) in [5.74, 6) is 0. The fraction of sp³-hybridized carbons (Fsp3) is 0.571. The van der Waals surface area contributed by atoms with Gasteiger partial charge in [-0.1, -0.05) is 15.9 Å². The monoisotopic (exact) mass is 313 g/mol. The zero-order valence-corrected chi connectivity index (χ0v) is 13.2. The Morgan fingerprint density at radius 1 is 1.17 bits per heavy atom. The van der Waals surface area contributed by atoms with Gasteiger partial charge in [-0.05, 0) is 57.7 Å². The molecule has 1 aromatic rings. The highest BCUT2D eigenvalue weighted by Crippen LogP contribution is 2.23. The van der Waals surface area contributed by atoms with Gasteiger partial charge in [0, 0.05) is 29.8 Å². The Labute approximate surface area is 119 Å². The fourth-order valence-corrected chi connectivity index (χ4v) is 2.51. The normalized spacial score (nSPS) is 11.0. The molecule has 0 fully saturated rings. The van der Waals surface area contributed by atoms with Crippen LogP contribution in [-0.4, -0.2) is 38.6 Å². The summed E-state index contributed by atoms with van der Waals surface area (Å²) in [5.41, 5.74) is 8.15. The van der Waals surface area contributed by atoms with Gasteiger partial charge in [-0.3, -0.25) is 0 Å². The smallest absolute Gasteiger partial charge is 0.0380 e. The van der Waals surface area contributed by atoms with Gasteiger partial charge in [0.15, 0.2) is 0 Å². The second-order valence-electron chi connectivity index (χ2n) is 4.76. The number of benzene rings is 1. The molecule has 0 aliphatic carbocycles. The molecule has 0 spiro atoms. The molecule has 1 aromatic carbocycles. The third-order valence-corrected chi connectivity index (χ3v) is 3.42. The zero-order valence-electron chi connectivity index (χ0n) is 11.6. The van der Waals surface area contributed by atoms with Crippen molar-refractivity contribution in [3.63, 3.8) is 0 Å². The van der Waals surface area contributed by atoms with Crippen molar-refractivity contribution in [1.82, 2.24) is 4.90 Å². The van der Waals surface area contributed by atoms with Crippen LogP contribution in [0.25, 0.3) is 0 Å². The Morgan fingerprint density at radius 3 is 2.44 bits per heavy atom. The van der Waals surface area contributed by atoms with E-state index < -0.39 is 0 Å². The zero-order chi connectivity index (χ0) is 13.5. The van der Waals surface area contributed by atoms with E-state index in [2.05, 4.69) is 64.9 Å². The highest BCUT2D eigenvalue weighted by Gasteiger charge is 2.06. The number of halogens is 1. The molecular weight excluding hydrogens is 290 g/mol. The maximum atomic E-state index is 5.72. The lowest BCUT2D eigenvalue weighted by atomic mass is 10.2. The molecule has 0 heterocycles. The first-order valence-electron chi connectivity index (χ1n) is 6.46. The van der Waals surface area contributed by atoms with Crippen LogP contribution in [0, 0.1) is 0 Å². The quantitative estimate of drug-likeness (QED) is 0.840. The van der Waals surface area contributed by atoms with E-state index in [0.29, 0.717) is 6.54 Å². The minimum absolute atomic E-state index is 0.585. The van der Waals surface area contributed by atoms with E-state index in [1.54, 1.807) is 0 Å². The molecule has 102 valence electrons. The van der Waals surface area contributed by atoms with Gasteiger partial charge in [0.25, 0.3) is 0 Å². The van der Waals surface area contributed by atoms with E-state index in [-0.39, 0.29) is 0 Å². The predicted molar refractivity (Wildman–Crippen MR) is 83.1 cm³/mol. The fourth-order valence-electron chi connectivity index (χ4n) is 1.98. The summed E-state index contributed by atoms with van der Waals surface area (Å²) in [6.45, 7) is 6.00. The number of nitrogens with zero attached hydrogens (tertiary/aromatic N) is 2. The standard InChI is InChI=1S/C14H24BrN3/c1-4-18(7-5-6-17(2)3)14-9-12(11-16)8-13(15)10-14/h8-10H,4-7,11,16H2,1-3H3. The number of hydrogen-bond acceptors (Lipinski definition) is 3. The van der Waals surface area contributed by atoms with Crippen LogP contribution in [0.5, 0.6) is 0 Å². The van der Waals surface area contributed by atoms with Crippen molar-refractivity contribution in [1.29, 1.82) is 0 Å². The molecule has 18 heavy (non-hydrogen) atoms. The maximum absolute atomic E-state index is 5.72. The lowest BCUT2D eigenvalue weighted by Crippen LogP contribution is -2.27. The molecule has 0 bridgehead atoms. The molecule has 0 radical (unpaired) electrons. The van der Waals surface area contributed by atoms with Crippen LogP contribution in [0.3, 0.4) is 0 Å². The second-order valence-corrected chi connectivity index (χ2v) is 5.67.